The molecule has 0 unspecified atom stereocenters. The van der Waals surface area contributed by atoms with Crippen molar-refractivity contribution in [2.45, 2.75) is 31.6 Å². The molecule has 0 bridgehead atoms. The summed E-state index contributed by atoms with van der Waals surface area (Å²) in [7, 11) is -1.92. The summed E-state index contributed by atoms with van der Waals surface area (Å²) in [6.07, 6.45) is -0.767. The maximum absolute atomic E-state index is 13.5. The highest BCUT2D eigenvalue weighted by Crippen LogP contribution is 2.26. The lowest BCUT2D eigenvalue weighted by Gasteiger charge is -2.26. The molecule has 1 N–H and O–H groups in total. The maximum atomic E-state index is 13.5. The summed E-state index contributed by atoms with van der Waals surface area (Å²) in [4.78, 5) is 17.1. The molecule has 0 amide bonds. The van der Waals surface area contributed by atoms with Crippen LogP contribution in [0.2, 0.25) is 0 Å². The van der Waals surface area contributed by atoms with Crippen LogP contribution in [-0.2, 0) is 37.8 Å². The predicted octanol–water partition coefficient (Wildman–Crippen LogP) is 2.31. The van der Waals surface area contributed by atoms with Crippen LogP contribution in [0.4, 0.5) is 10.1 Å². The van der Waals surface area contributed by atoms with Crippen LogP contribution in [0.25, 0.3) is 11.4 Å². The van der Waals surface area contributed by atoms with Crippen molar-refractivity contribution < 1.29 is 27.1 Å². The van der Waals surface area contributed by atoms with Gasteiger partial charge in [0.15, 0.2) is 0 Å². The Morgan fingerprint density at radius 1 is 1.32 bits per heavy atom. The van der Waals surface area contributed by atoms with Gasteiger partial charge in [0.2, 0.25) is 10.0 Å². The fourth-order valence-corrected chi connectivity index (χ4v) is 4.65. The first-order valence-corrected chi connectivity index (χ1v) is 12.1. The second-order valence-corrected chi connectivity index (χ2v) is 9.97. The number of pyridine rings is 1. The minimum absolute atomic E-state index is 0.130. The van der Waals surface area contributed by atoms with Gasteiger partial charge in [0.05, 0.1) is 42.4 Å². The van der Waals surface area contributed by atoms with E-state index in [2.05, 4.69) is 20.0 Å². The van der Waals surface area contributed by atoms with Crippen molar-refractivity contribution >= 4 is 21.7 Å². The first kappa shape index (κ1) is 23.8. The van der Waals surface area contributed by atoms with E-state index >= 15 is 0 Å². The largest absolute Gasteiger partial charge is 0.457 e. The molecule has 0 radical (unpaired) electrons. The molecule has 180 valence electrons. The molecule has 1 saturated heterocycles. The van der Waals surface area contributed by atoms with Crippen molar-refractivity contribution in [3.05, 3.63) is 59.2 Å². The molecule has 1 aliphatic heterocycles. The zero-order valence-corrected chi connectivity index (χ0v) is 19.7. The molecule has 0 aliphatic carbocycles. The van der Waals surface area contributed by atoms with Gasteiger partial charge in [-0.05, 0) is 43.7 Å². The topological polar surface area (TPSA) is 125 Å². The second kappa shape index (κ2) is 9.47. The summed E-state index contributed by atoms with van der Waals surface area (Å²) in [6, 6.07) is 9.07. The van der Waals surface area contributed by atoms with Gasteiger partial charge < -0.3 is 9.47 Å². The molecule has 0 spiro atoms. The molecule has 34 heavy (non-hydrogen) atoms. The van der Waals surface area contributed by atoms with E-state index in [4.69, 9.17) is 9.47 Å². The summed E-state index contributed by atoms with van der Waals surface area (Å²) in [5, 5.41) is 7.53. The highest BCUT2D eigenvalue weighted by atomic mass is 32.2. The van der Waals surface area contributed by atoms with Gasteiger partial charge in [-0.3, -0.25) is 14.2 Å². The van der Waals surface area contributed by atoms with Crippen LogP contribution in [0.1, 0.15) is 30.0 Å². The van der Waals surface area contributed by atoms with Gasteiger partial charge in [0.25, 0.3) is 0 Å². The Bertz CT molecular complexity index is 1320. The Kier molecular flexibility index (Phi) is 6.62. The van der Waals surface area contributed by atoms with E-state index in [1.807, 2.05) is 0 Å². The molecule has 1 atom stereocenters. The Morgan fingerprint density at radius 3 is 2.74 bits per heavy atom. The van der Waals surface area contributed by atoms with Crippen LogP contribution in [0.3, 0.4) is 0 Å². The van der Waals surface area contributed by atoms with Gasteiger partial charge in [0.1, 0.15) is 22.9 Å². The molecule has 2 aromatic heterocycles. The van der Waals surface area contributed by atoms with Crippen LogP contribution in [0.15, 0.2) is 36.4 Å². The van der Waals surface area contributed by atoms with E-state index in [-0.39, 0.29) is 19.6 Å². The lowest BCUT2D eigenvalue weighted by Crippen LogP contribution is -2.43. The van der Waals surface area contributed by atoms with Gasteiger partial charge in [-0.15, -0.1) is 5.10 Å². The minimum Gasteiger partial charge on any atom is -0.457 e. The molecule has 0 saturated carbocycles. The van der Waals surface area contributed by atoms with E-state index in [9.17, 15) is 17.6 Å². The third kappa shape index (κ3) is 5.07. The molecule has 4 rings (SSSR count). The number of carbonyl (C=O) groups is 1. The smallest absolute Gasteiger partial charge is 0.312 e. The lowest BCUT2D eigenvalue weighted by molar-refractivity contribution is -0.147. The van der Waals surface area contributed by atoms with Gasteiger partial charge in [0, 0.05) is 7.05 Å². The molecule has 1 aliphatic rings. The number of carbonyl (C=O) groups excluding carboxylic acids is 1. The summed E-state index contributed by atoms with van der Waals surface area (Å²) < 4.78 is 52.6. The number of halogens is 1. The van der Waals surface area contributed by atoms with E-state index in [0.29, 0.717) is 34.0 Å². The van der Waals surface area contributed by atoms with Crippen molar-refractivity contribution in [2.75, 3.05) is 17.9 Å². The molecule has 12 heteroatoms. The molecule has 1 aromatic carbocycles. The fourth-order valence-electron chi connectivity index (χ4n) is 3.41. The fraction of sp³-hybridized carbons (Fsp3) is 0.364. The number of esters is 1. The van der Waals surface area contributed by atoms with Crippen LogP contribution < -0.4 is 4.72 Å². The van der Waals surface area contributed by atoms with Gasteiger partial charge in [-0.2, -0.15) is 0 Å². The Balaban J connectivity index is 1.50. The summed E-state index contributed by atoms with van der Waals surface area (Å²) in [6.45, 7) is 3.66. The molecule has 3 aromatic rings. The van der Waals surface area contributed by atoms with Crippen LogP contribution >= 0.6 is 0 Å². The lowest BCUT2D eigenvalue weighted by atomic mass is 10.1. The van der Waals surface area contributed by atoms with Crippen molar-refractivity contribution in [2.24, 2.45) is 7.05 Å². The number of nitrogens with one attached hydrogen (secondary N) is 1. The second-order valence-electron chi connectivity index (χ2n) is 8.01. The minimum atomic E-state index is -3.57. The van der Waals surface area contributed by atoms with Crippen molar-refractivity contribution in [3.8, 4) is 11.4 Å². The summed E-state index contributed by atoms with van der Waals surface area (Å²) in [5.74, 6) is -0.945. The first-order valence-electron chi connectivity index (χ1n) is 10.5. The highest BCUT2D eigenvalue weighted by molar-refractivity contribution is 7.93. The van der Waals surface area contributed by atoms with E-state index in [1.165, 1.54) is 16.8 Å². The van der Waals surface area contributed by atoms with Crippen molar-refractivity contribution in [3.63, 3.8) is 0 Å². The maximum Gasteiger partial charge on any atom is 0.312 e. The average molecular weight is 490 g/mol. The normalized spacial score (nSPS) is 14.9. The Labute approximate surface area is 196 Å². The van der Waals surface area contributed by atoms with Crippen LogP contribution in [0.5, 0.6) is 0 Å². The number of ether oxygens (including phenoxy) is 2. The Morgan fingerprint density at radius 2 is 2.09 bits per heavy atom. The first-order chi connectivity index (χ1) is 16.1. The molecule has 3 heterocycles. The van der Waals surface area contributed by atoms with Crippen LogP contribution in [0, 0.1) is 12.7 Å². The molecular weight excluding hydrogens is 465 g/mol. The van der Waals surface area contributed by atoms with Gasteiger partial charge in [-0.1, -0.05) is 17.3 Å². The number of hydrogen-bond donors (Lipinski definition) is 1. The zero-order valence-electron chi connectivity index (χ0n) is 18.9. The van der Waals surface area contributed by atoms with Crippen LogP contribution in [-0.4, -0.2) is 52.8 Å². The van der Waals surface area contributed by atoms with Crippen molar-refractivity contribution in [1.82, 2.24) is 20.0 Å². The average Bonchev–Trinajstić information content (AvgIpc) is 3.07. The molecule has 1 fully saturated rings. The standard InChI is InChI=1S/C22H24FN5O5S/c1-13-18(26-34(30,31)17-11-32-12-17)7-8-19(24-13)22-20(28(3)27-25-22)10-21(29)33-14(2)15-5-4-6-16(23)9-15/h4-9,14,17,26H,10-12H2,1-3H3/t14-/m1/s1. The SMILES string of the molecule is Cc1nc(-c2nnn(C)c2CC(=O)O[C@H](C)c2cccc(F)c2)ccc1NS(=O)(=O)C1COC1. The van der Waals surface area contributed by atoms with E-state index < -0.39 is 33.2 Å². The number of sulfonamides is 1. The van der Waals surface area contributed by atoms with Gasteiger partial charge >= 0.3 is 5.97 Å². The monoisotopic (exact) mass is 489 g/mol. The number of nitrogens with zero attached hydrogens (tertiary/aromatic N) is 4. The van der Waals surface area contributed by atoms with E-state index in [0.717, 1.165) is 0 Å². The number of aryl methyl sites for hydroxylation is 2. The highest BCUT2D eigenvalue weighted by Gasteiger charge is 2.33. The number of benzene rings is 1. The zero-order chi connectivity index (χ0) is 24.5. The van der Waals surface area contributed by atoms with Gasteiger partial charge in [-0.25, -0.2) is 17.8 Å². The summed E-state index contributed by atoms with van der Waals surface area (Å²) >= 11 is 0. The van der Waals surface area contributed by atoms with E-state index in [1.54, 1.807) is 45.2 Å². The number of hydrogen-bond acceptors (Lipinski definition) is 8. The molecule has 10 nitrogen and oxygen atoms in total. The molecular formula is C22H24FN5O5S. The summed E-state index contributed by atoms with van der Waals surface area (Å²) in [5.41, 5.74) is 2.62. The number of rotatable bonds is 8. The third-order valence-electron chi connectivity index (χ3n) is 5.51. The Hall–Kier alpha value is -3.38. The quantitative estimate of drug-likeness (QED) is 0.478. The third-order valence-corrected chi connectivity index (χ3v) is 7.16. The predicted molar refractivity (Wildman–Crippen MR) is 121 cm³/mol. The number of anilines is 1. The van der Waals surface area contributed by atoms with Crippen molar-refractivity contribution in [1.29, 1.82) is 0 Å². The number of aromatic nitrogens is 4.